The summed E-state index contributed by atoms with van der Waals surface area (Å²) in [5.74, 6) is 1.27. The fourth-order valence-electron chi connectivity index (χ4n) is 3.38. The van der Waals surface area contributed by atoms with Crippen molar-refractivity contribution in [1.29, 1.82) is 0 Å². The van der Waals surface area contributed by atoms with Crippen LogP contribution in [0.3, 0.4) is 0 Å². The van der Waals surface area contributed by atoms with Gasteiger partial charge in [-0.15, -0.1) is 0 Å². The number of halogens is 1. The van der Waals surface area contributed by atoms with E-state index in [1.807, 2.05) is 31.2 Å². The zero-order valence-corrected chi connectivity index (χ0v) is 16.1. The lowest BCUT2D eigenvalue weighted by Gasteiger charge is -2.19. The third-order valence-corrected chi connectivity index (χ3v) is 4.83. The van der Waals surface area contributed by atoms with Crippen LogP contribution < -0.4 is 14.8 Å². The first kappa shape index (κ1) is 19.0. The first-order valence-electron chi connectivity index (χ1n) is 9.21. The van der Waals surface area contributed by atoms with E-state index >= 15 is 0 Å². The van der Waals surface area contributed by atoms with E-state index in [1.165, 1.54) is 11.1 Å². The number of aliphatic hydroxyl groups excluding tert-OH is 1. The Morgan fingerprint density at radius 3 is 2.77 bits per heavy atom. The highest BCUT2D eigenvalue weighted by molar-refractivity contribution is 6.32. The van der Waals surface area contributed by atoms with E-state index in [4.69, 9.17) is 21.1 Å². The fraction of sp³-hybridized carbons (Fsp3) is 0.429. The van der Waals surface area contributed by atoms with Gasteiger partial charge in [0, 0.05) is 13.0 Å². The topological polar surface area (TPSA) is 50.7 Å². The highest BCUT2D eigenvalue weighted by atomic mass is 35.5. The van der Waals surface area contributed by atoms with Crippen molar-refractivity contribution in [3.05, 3.63) is 58.1 Å². The second-order valence-electron chi connectivity index (χ2n) is 6.52. The van der Waals surface area contributed by atoms with Crippen molar-refractivity contribution in [2.75, 3.05) is 13.2 Å². The smallest absolute Gasteiger partial charge is 0.179 e. The van der Waals surface area contributed by atoms with Gasteiger partial charge in [-0.1, -0.05) is 42.8 Å². The van der Waals surface area contributed by atoms with Gasteiger partial charge in [-0.2, -0.15) is 0 Å². The highest BCUT2D eigenvalue weighted by Crippen LogP contribution is 2.37. The van der Waals surface area contributed by atoms with Crippen molar-refractivity contribution >= 4 is 11.6 Å². The molecule has 26 heavy (non-hydrogen) atoms. The maximum Gasteiger partial charge on any atom is 0.179 e. The van der Waals surface area contributed by atoms with Gasteiger partial charge in [0.2, 0.25) is 0 Å². The minimum Gasteiger partial charge on any atom is -0.490 e. The summed E-state index contributed by atoms with van der Waals surface area (Å²) >= 11 is 6.43. The number of benzene rings is 2. The summed E-state index contributed by atoms with van der Waals surface area (Å²) in [4.78, 5) is 0. The summed E-state index contributed by atoms with van der Waals surface area (Å²) < 4.78 is 11.5. The second kappa shape index (κ2) is 8.76. The molecule has 1 aliphatic rings. The second-order valence-corrected chi connectivity index (χ2v) is 6.92. The van der Waals surface area contributed by atoms with Gasteiger partial charge in [-0.25, -0.2) is 0 Å². The Morgan fingerprint density at radius 2 is 2.00 bits per heavy atom. The van der Waals surface area contributed by atoms with Crippen LogP contribution >= 0.6 is 11.6 Å². The van der Waals surface area contributed by atoms with E-state index in [1.54, 1.807) is 0 Å². The summed E-state index contributed by atoms with van der Waals surface area (Å²) in [6.07, 6.45) is 1.17. The summed E-state index contributed by atoms with van der Waals surface area (Å²) in [5, 5.41) is 14.4. The molecule has 0 heterocycles. The van der Waals surface area contributed by atoms with Gasteiger partial charge in [-0.05, 0) is 42.2 Å². The molecule has 0 unspecified atom stereocenters. The average Bonchev–Trinajstić information content (AvgIpc) is 2.94. The molecule has 0 radical (unpaired) electrons. The van der Waals surface area contributed by atoms with Crippen molar-refractivity contribution in [2.24, 2.45) is 0 Å². The highest BCUT2D eigenvalue weighted by Gasteiger charge is 2.30. The van der Waals surface area contributed by atoms with E-state index in [9.17, 15) is 5.11 Å². The number of rotatable bonds is 8. The Balaban J connectivity index is 1.76. The van der Waals surface area contributed by atoms with Gasteiger partial charge in [-0.3, -0.25) is 0 Å². The number of hydrogen-bond acceptors (Lipinski definition) is 4. The molecule has 0 aliphatic heterocycles. The van der Waals surface area contributed by atoms with Crippen LogP contribution in [0.15, 0.2) is 36.4 Å². The van der Waals surface area contributed by atoms with Crippen LogP contribution in [-0.4, -0.2) is 24.4 Å². The Labute approximate surface area is 160 Å². The van der Waals surface area contributed by atoms with Gasteiger partial charge < -0.3 is 19.9 Å². The van der Waals surface area contributed by atoms with E-state index in [0.29, 0.717) is 42.7 Å². The van der Waals surface area contributed by atoms with Crippen LogP contribution in [0.1, 0.15) is 43.0 Å². The molecule has 2 atom stereocenters. The maximum absolute atomic E-state index is 10.4. The molecule has 0 bridgehead atoms. The third-order valence-electron chi connectivity index (χ3n) is 4.55. The van der Waals surface area contributed by atoms with Crippen LogP contribution in [0.5, 0.6) is 11.5 Å². The molecule has 0 amide bonds. The Hall–Kier alpha value is -1.75. The predicted molar refractivity (Wildman–Crippen MR) is 104 cm³/mol. The molecule has 0 saturated carbocycles. The Morgan fingerprint density at radius 1 is 1.19 bits per heavy atom. The Bertz CT molecular complexity index is 750. The summed E-state index contributed by atoms with van der Waals surface area (Å²) in [7, 11) is 0. The molecular weight excluding hydrogens is 350 g/mol. The van der Waals surface area contributed by atoms with E-state index in [2.05, 4.69) is 24.4 Å². The van der Waals surface area contributed by atoms with Crippen molar-refractivity contribution in [3.63, 3.8) is 0 Å². The van der Waals surface area contributed by atoms with Crippen molar-refractivity contribution in [1.82, 2.24) is 5.32 Å². The molecule has 3 rings (SSSR count). The SMILES string of the molecule is CCCOc1c(Cl)cc(CN[C@@H]2c3ccccc3C[C@@H]2O)cc1OCC. The van der Waals surface area contributed by atoms with Gasteiger partial charge in [0.1, 0.15) is 0 Å². The Kier molecular flexibility index (Phi) is 6.41. The number of hydrogen-bond donors (Lipinski definition) is 2. The van der Waals surface area contributed by atoms with E-state index in [-0.39, 0.29) is 6.04 Å². The van der Waals surface area contributed by atoms with E-state index in [0.717, 1.165) is 12.0 Å². The third kappa shape index (κ3) is 4.14. The average molecular weight is 376 g/mol. The standard InChI is InChI=1S/C21H26ClNO3/c1-3-9-26-21-17(22)10-14(11-19(21)25-4-2)13-23-20-16-8-6-5-7-15(16)12-18(20)24/h5-8,10-11,18,20,23-24H,3-4,9,12-13H2,1-2H3/t18-,20+/m0/s1. The molecule has 2 aromatic rings. The van der Waals surface area contributed by atoms with Crippen LogP contribution in [0, 0.1) is 0 Å². The summed E-state index contributed by atoms with van der Waals surface area (Å²) in [6.45, 7) is 5.72. The monoisotopic (exact) mass is 375 g/mol. The van der Waals surface area contributed by atoms with Crippen molar-refractivity contribution < 1.29 is 14.6 Å². The zero-order valence-electron chi connectivity index (χ0n) is 15.3. The lowest BCUT2D eigenvalue weighted by Crippen LogP contribution is -2.28. The van der Waals surface area contributed by atoms with Gasteiger partial charge in [0.05, 0.1) is 30.4 Å². The number of fused-ring (bicyclic) bond motifs is 1. The van der Waals surface area contributed by atoms with E-state index < -0.39 is 6.10 Å². The minimum absolute atomic E-state index is 0.0727. The lowest BCUT2D eigenvalue weighted by molar-refractivity contribution is 0.140. The van der Waals surface area contributed by atoms with Crippen LogP contribution in [0.25, 0.3) is 0 Å². The van der Waals surface area contributed by atoms with Gasteiger partial charge in [0.15, 0.2) is 11.5 Å². The largest absolute Gasteiger partial charge is 0.490 e. The molecule has 0 spiro atoms. The molecule has 0 fully saturated rings. The first-order chi connectivity index (χ1) is 12.6. The zero-order chi connectivity index (χ0) is 18.5. The normalized spacial score (nSPS) is 18.6. The fourth-order valence-corrected chi connectivity index (χ4v) is 3.67. The van der Waals surface area contributed by atoms with Crippen LogP contribution in [0.4, 0.5) is 0 Å². The molecule has 0 aromatic heterocycles. The van der Waals surface area contributed by atoms with Gasteiger partial charge >= 0.3 is 0 Å². The lowest BCUT2D eigenvalue weighted by atomic mass is 10.1. The quantitative estimate of drug-likeness (QED) is 0.723. The first-order valence-corrected chi connectivity index (χ1v) is 9.59. The molecule has 0 saturated heterocycles. The maximum atomic E-state index is 10.4. The van der Waals surface area contributed by atoms with Gasteiger partial charge in [0.25, 0.3) is 0 Å². The van der Waals surface area contributed by atoms with Crippen molar-refractivity contribution in [3.8, 4) is 11.5 Å². The molecule has 140 valence electrons. The number of ether oxygens (including phenoxy) is 2. The summed E-state index contributed by atoms with van der Waals surface area (Å²) in [6, 6.07) is 12.0. The number of nitrogens with one attached hydrogen (secondary N) is 1. The molecular formula is C21H26ClNO3. The molecule has 4 nitrogen and oxygen atoms in total. The molecule has 2 aromatic carbocycles. The molecule has 2 N–H and O–H groups in total. The van der Waals surface area contributed by atoms with Crippen LogP contribution in [0.2, 0.25) is 5.02 Å². The van der Waals surface area contributed by atoms with Crippen molar-refractivity contribution in [2.45, 2.75) is 45.4 Å². The minimum atomic E-state index is -0.415. The molecule has 1 aliphatic carbocycles. The summed E-state index contributed by atoms with van der Waals surface area (Å²) in [5.41, 5.74) is 3.37. The predicted octanol–water partition coefficient (Wildman–Crippen LogP) is 4.28. The number of aliphatic hydroxyl groups is 1. The van der Waals surface area contributed by atoms with Crippen LogP contribution in [-0.2, 0) is 13.0 Å². The molecule has 5 heteroatoms.